The summed E-state index contributed by atoms with van der Waals surface area (Å²) >= 11 is 0. The number of rotatable bonds is 4. The van der Waals surface area contributed by atoms with Gasteiger partial charge in [0, 0.05) is 25.1 Å². The van der Waals surface area contributed by atoms with Gasteiger partial charge in [-0.25, -0.2) is 4.98 Å². The van der Waals surface area contributed by atoms with Crippen molar-refractivity contribution >= 4 is 5.82 Å². The Kier molecular flexibility index (Phi) is 3.14. The first-order valence-electron chi connectivity index (χ1n) is 5.26. The molecule has 0 fully saturated rings. The minimum atomic E-state index is 0.792. The number of hydrogen-bond acceptors (Lipinski definition) is 4. The molecule has 0 aliphatic heterocycles. The Labute approximate surface area is 94.5 Å². The molecule has 84 valence electrons. The van der Waals surface area contributed by atoms with E-state index in [9.17, 15) is 0 Å². The Bertz CT molecular complexity index is 463. The van der Waals surface area contributed by atoms with Crippen molar-refractivity contribution in [2.24, 2.45) is 0 Å². The van der Waals surface area contributed by atoms with Gasteiger partial charge in [-0.05, 0) is 19.4 Å². The average molecular weight is 217 g/mol. The highest BCUT2D eigenvalue weighted by molar-refractivity contribution is 5.37. The van der Waals surface area contributed by atoms with Gasteiger partial charge in [0.2, 0.25) is 0 Å². The predicted molar refractivity (Wildman–Crippen MR) is 62.2 cm³/mol. The zero-order valence-corrected chi connectivity index (χ0v) is 9.51. The van der Waals surface area contributed by atoms with E-state index in [1.165, 1.54) is 5.56 Å². The molecule has 5 heteroatoms. The van der Waals surface area contributed by atoms with Gasteiger partial charge in [-0.3, -0.25) is 9.67 Å². The second-order valence-corrected chi connectivity index (χ2v) is 3.70. The van der Waals surface area contributed by atoms with Gasteiger partial charge < -0.3 is 5.32 Å². The monoisotopic (exact) mass is 217 g/mol. The van der Waals surface area contributed by atoms with Gasteiger partial charge in [-0.15, -0.1) is 0 Å². The predicted octanol–water partition coefficient (Wildman–Crippen LogP) is 1.40. The van der Waals surface area contributed by atoms with E-state index < -0.39 is 0 Å². The van der Waals surface area contributed by atoms with Gasteiger partial charge in [0.15, 0.2) is 0 Å². The van der Waals surface area contributed by atoms with E-state index in [0.29, 0.717) is 0 Å². The van der Waals surface area contributed by atoms with Crippen LogP contribution in [-0.2, 0) is 6.54 Å². The third-order valence-electron chi connectivity index (χ3n) is 2.28. The molecule has 2 heterocycles. The van der Waals surface area contributed by atoms with Crippen molar-refractivity contribution in [3.8, 4) is 0 Å². The zero-order valence-electron chi connectivity index (χ0n) is 9.51. The highest BCUT2D eigenvalue weighted by atomic mass is 15.3. The lowest BCUT2D eigenvalue weighted by molar-refractivity contribution is 0.636. The second-order valence-electron chi connectivity index (χ2n) is 3.70. The summed E-state index contributed by atoms with van der Waals surface area (Å²) in [5.74, 6) is 0.839. The maximum absolute atomic E-state index is 4.21. The van der Waals surface area contributed by atoms with Crippen molar-refractivity contribution in [2.45, 2.75) is 20.4 Å². The first-order valence-corrected chi connectivity index (χ1v) is 5.26. The number of anilines is 1. The Morgan fingerprint density at radius 2 is 2.06 bits per heavy atom. The molecule has 0 aliphatic carbocycles. The van der Waals surface area contributed by atoms with Gasteiger partial charge in [0.1, 0.15) is 5.82 Å². The molecule has 16 heavy (non-hydrogen) atoms. The normalized spacial score (nSPS) is 10.4. The third-order valence-corrected chi connectivity index (χ3v) is 2.28. The summed E-state index contributed by atoms with van der Waals surface area (Å²) in [6.45, 7) is 5.58. The van der Waals surface area contributed by atoms with Gasteiger partial charge in [0.05, 0.1) is 18.4 Å². The van der Waals surface area contributed by atoms with Crippen molar-refractivity contribution < 1.29 is 0 Å². The largest absolute Gasteiger partial charge is 0.367 e. The van der Waals surface area contributed by atoms with Gasteiger partial charge >= 0.3 is 0 Å². The summed E-state index contributed by atoms with van der Waals surface area (Å²) < 4.78 is 1.91. The molecule has 2 aromatic rings. The van der Waals surface area contributed by atoms with Crippen molar-refractivity contribution in [1.29, 1.82) is 0 Å². The average Bonchev–Trinajstić information content (AvgIpc) is 2.67. The number of nitrogens with zero attached hydrogens (tertiary/aromatic N) is 4. The molecule has 0 bridgehead atoms. The fraction of sp³-hybridized carbons (Fsp3) is 0.364. The van der Waals surface area contributed by atoms with Crippen LogP contribution in [0.3, 0.4) is 0 Å². The smallest absolute Gasteiger partial charge is 0.147 e. The molecule has 5 nitrogen and oxygen atoms in total. The fourth-order valence-electron chi connectivity index (χ4n) is 1.46. The quantitative estimate of drug-likeness (QED) is 0.841. The Morgan fingerprint density at radius 1 is 1.25 bits per heavy atom. The molecule has 0 atom stereocenters. The zero-order chi connectivity index (χ0) is 11.4. The van der Waals surface area contributed by atoms with E-state index >= 15 is 0 Å². The molecule has 0 amide bonds. The minimum Gasteiger partial charge on any atom is -0.367 e. The van der Waals surface area contributed by atoms with Crippen LogP contribution in [0.2, 0.25) is 0 Å². The maximum Gasteiger partial charge on any atom is 0.147 e. The molecule has 0 spiro atoms. The van der Waals surface area contributed by atoms with Crippen LogP contribution in [0.4, 0.5) is 5.82 Å². The molecule has 0 radical (unpaired) electrons. The molecule has 0 saturated carbocycles. The maximum atomic E-state index is 4.21. The molecule has 0 aliphatic rings. The lowest BCUT2D eigenvalue weighted by Gasteiger charge is -2.07. The summed E-state index contributed by atoms with van der Waals surface area (Å²) in [6, 6.07) is 0. The van der Waals surface area contributed by atoms with E-state index in [4.69, 9.17) is 0 Å². The standard InChI is InChI=1S/C11H15N5/c1-9-7-15-16(8-9)6-5-14-11-10(2)12-3-4-13-11/h3-4,7-8H,5-6H2,1-2H3,(H,13,14). The lowest BCUT2D eigenvalue weighted by Crippen LogP contribution is -2.12. The molecule has 0 aromatic carbocycles. The van der Waals surface area contributed by atoms with E-state index in [1.807, 2.05) is 30.9 Å². The molecule has 2 rings (SSSR count). The number of aromatic nitrogens is 4. The van der Waals surface area contributed by atoms with Crippen molar-refractivity contribution in [3.05, 3.63) is 36.0 Å². The van der Waals surface area contributed by atoms with Gasteiger partial charge in [-0.2, -0.15) is 5.10 Å². The van der Waals surface area contributed by atoms with E-state index in [-0.39, 0.29) is 0 Å². The number of nitrogens with one attached hydrogen (secondary N) is 1. The molecular formula is C11H15N5. The highest BCUT2D eigenvalue weighted by Gasteiger charge is 1.99. The summed E-state index contributed by atoms with van der Waals surface area (Å²) in [5.41, 5.74) is 2.09. The summed E-state index contributed by atoms with van der Waals surface area (Å²) in [6.07, 6.45) is 7.25. The summed E-state index contributed by atoms with van der Waals surface area (Å²) in [7, 11) is 0. The van der Waals surface area contributed by atoms with Crippen molar-refractivity contribution in [3.63, 3.8) is 0 Å². The lowest BCUT2D eigenvalue weighted by atomic mass is 10.4. The Hall–Kier alpha value is -1.91. The van der Waals surface area contributed by atoms with E-state index in [2.05, 4.69) is 20.4 Å². The van der Waals surface area contributed by atoms with Crippen LogP contribution in [0.15, 0.2) is 24.8 Å². The van der Waals surface area contributed by atoms with Gasteiger partial charge in [-0.1, -0.05) is 0 Å². The fourth-order valence-corrected chi connectivity index (χ4v) is 1.46. The molecule has 1 N–H and O–H groups in total. The van der Waals surface area contributed by atoms with Crippen LogP contribution in [-0.4, -0.2) is 26.3 Å². The minimum absolute atomic E-state index is 0.792. The number of hydrogen-bond donors (Lipinski definition) is 1. The topological polar surface area (TPSA) is 55.6 Å². The molecule has 0 saturated heterocycles. The summed E-state index contributed by atoms with van der Waals surface area (Å²) in [5, 5.41) is 7.45. The van der Waals surface area contributed by atoms with Crippen LogP contribution in [0, 0.1) is 13.8 Å². The number of aryl methyl sites for hydroxylation is 2. The first kappa shape index (κ1) is 10.6. The molecule has 0 unspecified atom stereocenters. The summed E-state index contributed by atoms with van der Waals surface area (Å²) in [4.78, 5) is 8.37. The second kappa shape index (κ2) is 4.74. The third kappa shape index (κ3) is 2.56. The van der Waals surface area contributed by atoms with Crippen molar-refractivity contribution in [1.82, 2.24) is 19.7 Å². The van der Waals surface area contributed by atoms with Crippen molar-refractivity contribution in [2.75, 3.05) is 11.9 Å². The molecular weight excluding hydrogens is 202 g/mol. The highest BCUT2D eigenvalue weighted by Crippen LogP contribution is 2.05. The SMILES string of the molecule is Cc1cnn(CCNc2nccnc2C)c1. The van der Waals surface area contributed by atoms with Crippen LogP contribution in [0.25, 0.3) is 0 Å². The van der Waals surface area contributed by atoms with Crippen LogP contribution in [0.1, 0.15) is 11.3 Å². The van der Waals surface area contributed by atoms with Crippen LogP contribution >= 0.6 is 0 Å². The van der Waals surface area contributed by atoms with Crippen LogP contribution < -0.4 is 5.32 Å². The first-order chi connectivity index (χ1) is 7.75. The van der Waals surface area contributed by atoms with E-state index in [0.717, 1.165) is 24.6 Å². The Balaban J connectivity index is 1.87. The van der Waals surface area contributed by atoms with Gasteiger partial charge in [0.25, 0.3) is 0 Å². The molecule has 2 aromatic heterocycles. The van der Waals surface area contributed by atoms with E-state index in [1.54, 1.807) is 12.4 Å². The Morgan fingerprint density at radius 3 is 2.75 bits per heavy atom. The van der Waals surface area contributed by atoms with Crippen LogP contribution in [0.5, 0.6) is 0 Å².